The number of benzene rings is 1. The molecule has 0 bridgehead atoms. The fourth-order valence-electron chi connectivity index (χ4n) is 2.52. The summed E-state index contributed by atoms with van der Waals surface area (Å²) in [6.45, 7) is 7.81. The van der Waals surface area contributed by atoms with Crippen LogP contribution in [0.2, 0.25) is 0 Å². The molecule has 3 nitrogen and oxygen atoms in total. The molecule has 2 rings (SSSR count). The SMILES string of the molecule is CCNC(=NCC(C)(C)c1ccc(F)cc1)NC1CC=CC1. The van der Waals surface area contributed by atoms with Crippen molar-refractivity contribution in [3.63, 3.8) is 0 Å². The smallest absolute Gasteiger partial charge is 0.191 e. The molecule has 0 atom stereocenters. The summed E-state index contributed by atoms with van der Waals surface area (Å²) in [4.78, 5) is 4.72. The summed E-state index contributed by atoms with van der Waals surface area (Å²) >= 11 is 0. The molecule has 120 valence electrons. The van der Waals surface area contributed by atoms with Gasteiger partial charge in [-0.25, -0.2) is 4.39 Å². The minimum Gasteiger partial charge on any atom is -0.357 e. The molecule has 0 radical (unpaired) electrons. The van der Waals surface area contributed by atoms with Gasteiger partial charge in [0.2, 0.25) is 0 Å². The Hall–Kier alpha value is -1.84. The molecule has 1 aliphatic rings. The molecule has 1 aromatic rings. The third-order valence-corrected chi connectivity index (χ3v) is 3.95. The number of aliphatic imine (C=N–C) groups is 1. The first-order chi connectivity index (χ1) is 10.5. The maximum atomic E-state index is 13.1. The number of rotatable bonds is 5. The molecule has 1 aromatic carbocycles. The van der Waals surface area contributed by atoms with E-state index in [2.05, 4.69) is 43.6 Å². The Morgan fingerprint density at radius 3 is 2.45 bits per heavy atom. The van der Waals surface area contributed by atoms with E-state index in [1.807, 2.05) is 12.1 Å². The van der Waals surface area contributed by atoms with Crippen LogP contribution in [0.5, 0.6) is 0 Å². The number of halogens is 1. The quantitative estimate of drug-likeness (QED) is 0.497. The predicted octanol–water partition coefficient (Wildman–Crippen LogP) is 3.38. The van der Waals surface area contributed by atoms with Crippen LogP contribution in [0.3, 0.4) is 0 Å². The van der Waals surface area contributed by atoms with Gasteiger partial charge in [0.05, 0.1) is 6.54 Å². The molecule has 2 N–H and O–H groups in total. The van der Waals surface area contributed by atoms with Crippen molar-refractivity contribution in [2.45, 2.75) is 45.1 Å². The summed E-state index contributed by atoms with van der Waals surface area (Å²) in [5.41, 5.74) is 0.959. The summed E-state index contributed by atoms with van der Waals surface area (Å²) < 4.78 is 13.1. The molecule has 4 heteroatoms. The topological polar surface area (TPSA) is 36.4 Å². The van der Waals surface area contributed by atoms with Gasteiger partial charge in [0.25, 0.3) is 0 Å². The van der Waals surface area contributed by atoms with E-state index in [9.17, 15) is 4.39 Å². The van der Waals surface area contributed by atoms with E-state index in [4.69, 9.17) is 4.99 Å². The molecule has 0 aromatic heterocycles. The third-order valence-electron chi connectivity index (χ3n) is 3.95. The Morgan fingerprint density at radius 1 is 1.23 bits per heavy atom. The first-order valence-corrected chi connectivity index (χ1v) is 7.97. The fraction of sp³-hybridized carbons (Fsp3) is 0.500. The van der Waals surface area contributed by atoms with Gasteiger partial charge in [-0.1, -0.05) is 38.1 Å². The zero-order chi connectivity index (χ0) is 16.0. The van der Waals surface area contributed by atoms with E-state index in [1.54, 1.807) is 0 Å². The number of guanidine groups is 1. The maximum absolute atomic E-state index is 13.1. The van der Waals surface area contributed by atoms with E-state index in [-0.39, 0.29) is 11.2 Å². The highest BCUT2D eigenvalue weighted by molar-refractivity contribution is 5.80. The molecular formula is C18H26FN3. The lowest BCUT2D eigenvalue weighted by atomic mass is 9.85. The lowest BCUT2D eigenvalue weighted by Crippen LogP contribution is -2.43. The summed E-state index contributed by atoms with van der Waals surface area (Å²) in [5, 5.41) is 6.76. The van der Waals surface area contributed by atoms with Crippen molar-refractivity contribution in [1.29, 1.82) is 0 Å². The van der Waals surface area contributed by atoms with Crippen LogP contribution in [-0.4, -0.2) is 25.1 Å². The summed E-state index contributed by atoms with van der Waals surface area (Å²) in [6.07, 6.45) is 6.49. The zero-order valence-electron chi connectivity index (χ0n) is 13.7. The van der Waals surface area contributed by atoms with Crippen molar-refractivity contribution in [3.05, 3.63) is 47.8 Å². The molecule has 0 amide bonds. The minimum absolute atomic E-state index is 0.135. The summed E-state index contributed by atoms with van der Waals surface area (Å²) in [7, 11) is 0. The van der Waals surface area contributed by atoms with Crippen LogP contribution >= 0.6 is 0 Å². The number of hydrogen-bond acceptors (Lipinski definition) is 1. The lowest BCUT2D eigenvalue weighted by Gasteiger charge is -2.24. The van der Waals surface area contributed by atoms with Gasteiger partial charge in [0.1, 0.15) is 5.82 Å². The third kappa shape index (κ3) is 4.58. The monoisotopic (exact) mass is 303 g/mol. The highest BCUT2D eigenvalue weighted by Crippen LogP contribution is 2.23. The molecule has 0 spiro atoms. The van der Waals surface area contributed by atoms with E-state index in [1.165, 1.54) is 12.1 Å². The lowest BCUT2D eigenvalue weighted by molar-refractivity contribution is 0.531. The molecular weight excluding hydrogens is 277 g/mol. The normalized spacial score (nSPS) is 16.1. The van der Waals surface area contributed by atoms with Crippen LogP contribution in [0.4, 0.5) is 4.39 Å². The highest BCUT2D eigenvalue weighted by Gasteiger charge is 2.21. The van der Waals surface area contributed by atoms with Crippen LogP contribution < -0.4 is 10.6 Å². The van der Waals surface area contributed by atoms with Crippen LogP contribution in [0.15, 0.2) is 41.4 Å². The van der Waals surface area contributed by atoms with Gasteiger partial charge in [-0.3, -0.25) is 4.99 Å². The molecule has 22 heavy (non-hydrogen) atoms. The van der Waals surface area contributed by atoms with Gasteiger partial charge >= 0.3 is 0 Å². The van der Waals surface area contributed by atoms with Crippen molar-refractivity contribution < 1.29 is 4.39 Å². The number of nitrogens with one attached hydrogen (secondary N) is 2. The second-order valence-corrected chi connectivity index (χ2v) is 6.37. The number of hydrogen-bond donors (Lipinski definition) is 2. The van der Waals surface area contributed by atoms with E-state index in [0.29, 0.717) is 12.6 Å². The molecule has 0 unspecified atom stereocenters. The molecule has 0 heterocycles. The van der Waals surface area contributed by atoms with Gasteiger partial charge in [-0.05, 0) is 37.5 Å². The van der Waals surface area contributed by atoms with Gasteiger partial charge in [-0.15, -0.1) is 0 Å². The number of nitrogens with zero attached hydrogens (tertiary/aromatic N) is 1. The van der Waals surface area contributed by atoms with E-state index >= 15 is 0 Å². The molecule has 1 aliphatic carbocycles. The fourth-order valence-corrected chi connectivity index (χ4v) is 2.52. The van der Waals surface area contributed by atoms with Crippen molar-refractivity contribution in [2.24, 2.45) is 4.99 Å². The Kier molecular flexibility index (Phi) is 5.58. The standard InChI is InChI=1S/C18H26FN3/c1-4-20-17(22-16-7-5-6-8-16)21-13-18(2,3)14-9-11-15(19)12-10-14/h5-6,9-12,16H,4,7-8,13H2,1-3H3,(H2,20,21,22). The highest BCUT2D eigenvalue weighted by atomic mass is 19.1. The molecule has 0 fully saturated rings. The summed E-state index contributed by atoms with van der Waals surface area (Å²) in [5.74, 6) is 0.651. The Morgan fingerprint density at radius 2 is 1.86 bits per heavy atom. The van der Waals surface area contributed by atoms with Gasteiger partial charge in [-0.2, -0.15) is 0 Å². The van der Waals surface area contributed by atoms with Crippen LogP contribution in [0.25, 0.3) is 0 Å². The predicted molar refractivity (Wildman–Crippen MR) is 90.7 cm³/mol. The van der Waals surface area contributed by atoms with Crippen LogP contribution in [0.1, 0.15) is 39.2 Å². The van der Waals surface area contributed by atoms with Crippen LogP contribution in [-0.2, 0) is 5.41 Å². The minimum atomic E-state index is -0.202. The Labute approximate surface area is 132 Å². The van der Waals surface area contributed by atoms with E-state index in [0.717, 1.165) is 30.9 Å². The Balaban J connectivity index is 2.02. The van der Waals surface area contributed by atoms with E-state index < -0.39 is 0 Å². The summed E-state index contributed by atoms with van der Waals surface area (Å²) in [6, 6.07) is 7.13. The second kappa shape index (κ2) is 7.43. The van der Waals surface area contributed by atoms with Crippen molar-refractivity contribution in [3.8, 4) is 0 Å². The first-order valence-electron chi connectivity index (χ1n) is 7.97. The molecule has 0 saturated carbocycles. The zero-order valence-corrected chi connectivity index (χ0v) is 13.7. The van der Waals surface area contributed by atoms with Crippen LogP contribution in [0, 0.1) is 5.82 Å². The van der Waals surface area contributed by atoms with Crippen molar-refractivity contribution in [1.82, 2.24) is 10.6 Å². The molecule has 0 saturated heterocycles. The maximum Gasteiger partial charge on any atom is 0.191 e. The Bertz CT molecular complexity index is 524. The molecule has 0 aliphatic heterocycles. The average Bonchev–Trinajstić information content (AvgIpc) is 2.98. The second-order valence-electron chi connectivity index (χ2n) is 6.37. The van der Waals surface area contributed by atoms with Gasteiger partial charge < -0.3 is 10.6 Å². The first kappa shape index (κ1) is 16.5. The van der Waals surface area contributed by atoms with Gasteiger partial charge in [0, 0.05) is 18.0 Å². The van der Waals surface area contributed by atoms with Gasteiger partial charge in [0.15, 0.2) is 5.96 Å². The average molecular weight is 303 g/mol. The van der Waals surface area contributed by atoms with Crippen molar-refractivity contribution in [2.75, 3.05) is 13.1 Å². The largest absolute Gasteiger partial charge is 0.357 e. The van der Waals surface area contributed by atoms with Crippen molar-refractivity contribution >= 4 is 5.96 Å².